The van der Waals surface area contributed by atoms with Crippen LogP contribution in [-0.2, 0) is 25.6 Å². The van der Waals surface area contributed by atoms with Crippen LogP contribution >= 0.6 is 0 Å². The van der Waals surface area contributed by atoms with Crippen LogP contribution in [0.15, 0.2) is 30.7 Å². The van der Waals surface area contributed by atoms with Gasteiger partial charge in [0.2, 0.25) is 0 Å². The molecule has 0 spiro atoms. The number of hydrogen-bond acceptors (Lipinski definition) is 3. The summed E-state index contributed by atoms with van der Waals surface area (Å²) in [4.78, 5) is 4.02. The first kappa shape index (κ1) is 13.7. The van der Waals surface area contributed by atoms with E-state index in [1.54, 1.807) is 0 Å². The standard InChI is InChI=1S/C15H22N4/c1-15(2,3)14-13(11-19(4)18-14)10-17-9-12-5-7-16-8-6-12/h5-8,11,17H,9-10H2,1-4H3. The molecule has 0 aliphatic rings. The number of pyridine rings is 1. The summed E-state index contributed by atoms with van der Waals surface area (Å²) in [5.41, 5.74) is 3.76. The zero-order chi connectivity index (χ0) is 13.9. The second-order valence-electron chi connectivity index (χ2n) is 5.89. The highest BCUT2D eigenvalue weighted by atomic mass is 15.3. The van der Waals surface area contributed by atoms with Crippen molar-refractivity contribution in [1.82, 2.24) is 20.1 Å². The van der Waals surface area contributed by atoms with Gasteiger partial charge in [-0.1, -0.05) is 20.8 Å². The molecule has 2 aromatic heterocycles. The summed E-state index contributed by atoms with van der Waals surface area (Å²) in [6.45, 7) is 8.27. The number of hydrogen-bond donors (Lipinski definition) is 1. The van der Waals surface area contributed by atoms with Crippen molar-refractivity contribution < 1.29 is 0 Å². The smallest absolute Gasteiger partial charge is 0.0722 e. The predicted molar refractivity (Wildman–Crippen MR) is 76.7 cm³/mol. The highest BCUT2D eigenvalue weighted by molar-refractivity contribution is 5.24. The van der Waals surface area contributed by atoms with Gasteiger partial charge < -0.3 is 5.32 Å². The Bertz CT molecular complexity index is 523. The molecule has 0 atom stereocenters. The van der Waals surface area contributed by atoms with Crippen molar-refractivity contribution in [3.63, 3.8) is 0 Å². The van der Waals surface area contributed by atoms with Gasteiger partial charge in [-0.2, -0.15) is 5.10 Å². The first-order valence-electron chi connectivity index (χ1n) is 6.59. The van der Waals surface area contributed by atoms with E-state index in [9.17, 15) is 0 Å². The Hall–Kier alpha value is -1.68. The summed E-state index contributed by atoms with van der Waals surface area (Å²) in [7, 11) is 1.97. The van der Waals surface area contributed by atoms with Crippen LogP contribution in [0.4, 0.5) is 0 Å². The maximum absolute atomic E-state index is 4.57. The molecule has 0 aromatic carbocycles. The maximum atomic E-state index is 4.57. The number of rotatable bonds is 4. The molecule has 0 aliphatic heterocycles. The molecular formula is C15H22N4. The monoisotopic (exact) mass is 258 g/mol. The number of aryl methyl sites for hydroxylation is 1. The van der Waals surface area contributed by atoms with E-state index in [1.807, 2.05) is 36.3 Å². The van der Waals surface area contributed by atoms with E-state index in [1.165, 1.54) is 11.1 Å². The minimum Gasteiger partial charge on any atom is -0.308 e. The third-order valence-electron chi connectivity index (χ3n) is 3.01. The average Bonchev–Trinajstić information content (AvgIpc) is 2.72. The molecule has 0 radical (unpaired) electrons. The normalized spacial score (nSPS) is 11.8. The van der Waals surface area contributed by atoms with Crippen LogP contribution in [0.3, 0.4) is 0 Å². The average molecular weight is 258 g/mol. The van der Waals surface area contributed by atoms with Crippen molar-refractivity contribution >= 4 is 0 Å². The lowest BCUT2D eigenvalue weighted by molar-refractivity contribution is 0.543. The Morgan fingerprint density at radius 2 is 1.84 bits per heavy atom. The summed E-state index contributed by atoms with van der Waals surface area (Å²) in [6.07, 6.45) is 5.74. The van der Waals surface area contributed by atoms with E-state index in [0.29, 0.717) is 0 Å². The van der Waals surface area contributed by atoms with E-state index in [4.69, 9.17) is 0 Å². The third kappa shape index (κ3) is 3.64. The van der Waals surface area contributed by atoms with Crippen molar-refractivity contribution in [1.29, 1.82) is 0 Å². The largest absolute Gasteiger partial charge is 0.308 e. The fourth-order valence-electron chi connectivity index (χ4n) is 2.14. The quantitative estimate of drug-likeness (QED) is 0.915. The minimum absolute atomic E-state index is 0.0783. The molecular weight excluding hydrogens is 236 g/mol. The third-order valence-corrected chi connectivity index (χ3v) is 3.01. The van der Waals surface area contributed by atoms with E-state index in [2.05, 4.69) is 42.4 Å². The zero-order valence-corrected chi connectivity index (χ0v) is 12.1. The van der Waals surface area contributed by atoms with Crippen LogP contribution in [0.25, 0.3) is 0 Å². The lowest BCUT2D eigenvalue weighted by atomic mass is 9.89. The first-order chi connectivity index (χ1) is 8.97. The van der Waals surface area contributed by atoms with Gasteiger partial charge in [0.05, 0.1) is 5.69 Å². The van der Waals surface area contributed by atoms with E-state index >= 15 is 0 Å². The maximum Gasteiger partial charge on any atom is 0.0722 e. The van der Waals surface area contributed by atoms with E-state index in [-0.39, 0.29) is 5.41 Å². The summed E-state index contributed by atoms with van der Waals surface area (Å²) in [5.74, 6) is 0. The highest BCUT2D eigenvalue weighted by Crippen LogP contribution is 2.23. The second-order valence-corrected chi connectivity index (χ2v) is 5.89. The Morgan fingerprint density at radius 3 is 2.47 bits per heavy atom. The van der Waals surface area contributed by atoms with Crippen LogP contribution < -0.4 is 5.32 Å². The summed E-state index contributed by atoms with van der Waals surface area (Å²) in [6, 6.07) is 4.06. The lowest BCUT2D eigenvalue weighted by Crippen LogP contribution is -2.19. The molecule has 0 saturated heterocycles. The molecule has 0 saturated carbocycles. The summed E-state index contributed by atoms with van der Waals surface area (Å²) in [5, 5.41) is 8.04. The first-order valence-corrected chi connectivity index (χ1v) is 6.59. The Morgan fingerprint density at radius 1 is 1.16 bits per heavy atom. The highest BCUT2D eigenvalue weighted by Gasteiger charge is 2.21. The molecule has 2 rings (SSSR count). The molecule has 1 N–H and O–H groups in total. The number of nitrogens with zero attached hydrogens (tertiary/aromatic N) is 3. The van der Waals surface area contributed by atoms with Gasteiger partial charge in [0.25, 0.3) is 0 Å². The van der Waals surface area contributed by atoms with Gasteiger partial charge in [0.15, 0.2) is 0 Å². The van der Waals surface area contributed by atoms with Gasteiger partial charge >= 0.3 is 0 Å². The van der Waals surface area contributed by atoms with Gasteiger partial charge in [0.1, 0.15) is 0 Å². The fourth-order valence-corrected chi connectivity index (χ4v) is 2.14. The molecule has 0 bridgehead atoms. The summed E-state index contributed by atoms with van der Waals surface area (Å²) < 4.78 is 1.89. The van der Waals surface area contributed by atoms with Crippen LogP contribution in [-0.4, -0.2) is 14.8 Å². The van der Waals surface area contributed by atoms with Crippen LogP contribution in [0.5, 0.6) is 0 Å². The van der Waals surface area contributed by atoms with Crippen molar-refractivity contribution in [3.8, 4) is 0 Å². The molecule has 0 amide bonds. The molecule has 102 valence electrons. The molecule has 2 aromatic rings. The number of aromatic nitrogens is 3. The van der Waals surface area contributed by atoms with Gasteiger partial charge in [-0.05, 0) is 17.7 Å². The van der Waals surface area contributed by atoms with Crippen LogP contribution in [0.2, 0.25) is 0 Å². The second kappa shape index (κ2) is 5.53. The topological polar surface area (TPSA) is 42.7 Å². The van der Waals surface area contributed by atoms with Gasteiger partial charge in [-0.15, -0.1) is 0 Å². The molecule has 19 heavy (non-hydrogen) atoms. The van der Waals surface area contributed by atoms with Crippen LogP contribution in [0, 0.1) is 0 Å². The Labute approximate surface area is 114 Å². The number of nitrogens with one attached hydrogen (secondary N) is 1. The molecule has 2 heterocycles. The molecule has 0 unspecified atom stereocenters. The SMILES string of the molecule is Cn1cc(CNCc2ccncc2)c(C(C)(C)C)n1. The fraction of sp³-hybridized carbons (Fsp3) is 0.467. The Kier molecular flexibility index (Phi) is 4.00. The zero-order valence-electron chi connectivity index (χ0n) is 12.1. The molecule has 0 fully saturated rings. The van der Waals surface area contributed by atoms with Crippen molar-refractivity contribution in [2.24, 2.45) is 7.05 Å². The molecule has 4 heteroatoms. The van der Waals surface area contributed by atoms with Crippen molar-refractivity contribution in [3.05, 3.63) is 47.5 Å². The van der Waals surface area contributed by atoms with Crippen LogP contribution in [0.1, 0.15) is 37.6 Å². The van der Waals surface area contributed by atoms with Crippen molar-refractivity contribution in [2.75, 3.05) is 0 Å². The molecule has 0 aliphatic carbocycles. The van der Waals surface area contributed by atoms with Gasteiger partial charge in [-0.3, -0.25) is 9.67 Å². The summed E-state index contributed by atoms with van der Waals surface area (Å²) >= 11 is 0. The van der Waals surface area contributed by atoms with E-state index in [0.717, 1.165) is 18.8 Å². The Balaban J connectivity index is 2.00. The van der Waals surface area contributed by atoms with Gasteiger partial charge in [-0.25, -0.2) is 0 Å². The van der Waals surface area contributed by atoms with Crippen molar-refractivity contribution in [2.45, 2.75) is 39.3 Å². The predicted octanol–water partition coefficient (Wildman–Crippen LogP) is 2.40. The molecule has 4 nitrogen and oxygen atoms in total. The lowest BCUT2D eigenvalue weighted by Gasteiger charge is -2.17. The van der Waals surface area contributed by atoms with E-state index < -0.39 is 0 Å². The van der Waals surface area contributed by atoms with Gasteiger partial charge in [0, 0.05) is 49.7 Å². The minimum atomic E-state index is 0.0783.